The Hall–Kier alpha value is -0.350. The molecule has 0 aliphatic carbocycles. The zero-order valence-corrected chi connectivity index (χ0v) is 13.3. The molecule has 0 saturated heterocycles. The second kappa shape index (κ2) is 6.55. The van der Waals surface area contributed by atoms with E-state index in [-0.39, 0.29) is 11.4 Å². The molecule has 1 N–H and O–H groups in total. The molecule has 1 amide bonds. The van der Waals surface area contributed by atoms with Crippen LogP contribution in [0.25, 0.3) is 0 Å². The monoisotopic (exact) mass is 361 g/mol. The smallest absolute Gasteiger partial charge is 0.251 e. The van der Waals surface area contributed by atoms with Gasteiger partial charge in [-0.15, -0.1) is 0 Å². The number of halogens is 2. The number of aryl methyl sites for hydroxylation is 1. The third-order valence-corrected chi connectivity index (χ3v) is 5.03. The summed E-state index contributed by atoms with van der Waals surface area (Å²) in [5.41, 5.74) is 1.64. The molecule has 17 heavy (non-hydrogen) atoms. The molecule has 0 spiro atoms. The molecule has 0 aliphatic rings. The van der Waals surface area contributed by atoms with Crippen molar-refractivity contribution in [2.75, 3.05) is 10.7 Å². The van der Waals surface area contributed by atoms with Gasteiger partial charge in [0.1, 0.15) is 0 Å². The molecule has 0 unspecified atom stereocenters. The third-order valence-electron chi connectivity index (χ3n) is 2.88. The summed E-state index contributed by atoms with van der Waals surface area (Å²) in [4.78, 5) is 12.1. The van der Waals surface area contributed by atoms with E-state index in [9.17, 15) is 4.79 Å². The summed E-state index contributed by atoms with van der Waals surface area (Å²) in [6, 6.07) is 7.61. The predicted molar refractivity (Wildman–Crippen MR) is 79.3 cm³/mol. The fourth-order valence-corrected chi connectivity index (χ4v) is 3.40. The van der Waals surface area contributed by atoms with E-state index in [0.717, 1.165) is 22.6 Å². The van der Waals surface area contributed by atoms with Gasteiger partial charge in [-0.3, -0.25) is 4.79 Å². The summed E-state index contributed by atoms with van der Waals surface area (Å²) in [7, 11) is 0. The molecule has 4 heteroatoms. The van der Waals surface area contributed by atoms with E-state index < -0.39 is 0 Å². The molecule has 1 rings (SSSR count). The molecule has 0 fully saturated rings. The first-order valence-corrected chi connectivity index (χ1v) is 7.82. The maximum atomic E-state index is 12.1. The lowest BCUT2D eigenvalue weighted by Crippen LogP contribution is -2.51. The number of hydrogen-bond donors (Lipinski definition) is 1. The maximum absolute atomic E-state index is 12.1. The Morgan fingerprint density at radius 3 is 2.18 bits per heavy atom. The topological polar surface area (TPSA) is 29.1 Å². The van der Waals surface area contributed by atoms with Crippen molar-refractivity contribution in [2.24, 2.45) is 0 Å². The minimum atomic E-state index is -0.220. The molecule has 0 saturated carbocycles. The number of hydrogen-bond acceptors (Lipinski definition) is 1. The number of rotatable bonds is 5. The average molecular weight is 363 g/mol. The average Bonchev–Trinajstić information content (AvgIpc) is 2.37. The molecule has 1 aromatic rings. The highest BCUT2D eigenvalue weighted by atomic mass is 79.9. The van der Waals surface area contributed by atoms with E-state index in [0.29, 0.717) is 5.56 Å². The maximum Gasteiger partial charge on any atom is 0.251 e. The normalized spacial score (nSPS) is 11.3. The Balaban J connectivity index is 2.81. The van der Waals surface area contributed by atoms with E-state index >= 15 is 0 Å². The van der Waals surface area contributed by atoms with E-state index in [2.05, 4.69) is 44.1 Å². The first-order valence-electron chi connectivity index (χ1n) is 5.58. The van der Waals surface area contributed by atoms with Gasteiger partial charge in [0.2, 0.25) is 0 Å². The summed E-state index contributed by atoms with van der Waals surface area (Å²) in [6.45, 7) is 4.08. The summed E-state index contributed by atoms with van der Waals surface area (Å²) in [5, 5.41) is 4.55. The van der Waals surface area contributed by atoms with Crippen LogP contribution in [0.5, 0.6) is 0 Å². The van der Waals surface area contributed by atoms with Crippen LogP contribution < -0.4 is 5.32 Å². The fraction of sp³-hybridized carbons (Fsp3) is 0.462. The Morgan fingerprint density at radius 2 is 1.76 bits per heavy atom. The van der Waals surface area contributed by atoms with Crippen molar-refractivity contribution in [3.05, 3.63) is 35.4 Å². The van der Waals surface area contributed by atoms with Crippen molar-refractivity contribution in [3.8, 4) is 0 Å². The Labute approximate surface area is 119 Å². The van der Waals surface area contributed by atoms with Crippen LogP contribution in [0.2, 0.25) is 0 Å². The first-order chi connectivity index (χ1) is 8.06. The summed E-state index contributed by atoms with van der Waals surface area (Å²) >= 11 is 6.92. The lowest BCUT2D eigenvalue weighted by Gasteiger charge is -2.30. The van der Waals surface area contributed by atoms with Gasteiger partial charge in [0.05, 0.1) is 5.54 Å². The van der Waals surface area contributed by atoms with Crippen LogP contribution in [0.3, 0.4) is 0 Å². The molecule has 0 aliphatic heterocycles. The van der Waals surface area contributed by atoms with Crippen molar-refractivity contribution in [3.63, 3.8) is 0 Å². The standard InChI is InChI=1S/C13H17Br2NO/c1-3-13(8-14,9-15)16-12(17)11-6-4-10(2)5-7-11/h4-7H,3,8-9H2,1-2H3,(H,16,17). The van der Waals surface area contributed by atoms with Gasteiger partial charge in [0, 0.05) is 16.2 Å². The van der Waals surface area contributed by atoms with Crippen LogP contribution in [-0.2, 0) is 0 Å². The van der Waals surface area contributed by atoms with E-state index in [1.54, 1.807) is 0 Å². The summed E-state index contributed by atoms with van der Waals surface area (Å²) < 4.78 is 0. The van der Waals surface area contributed by atoms with Gasteiger partial charge in [-0.25, -0.2) is 0 Å². The molecule has 0 aromatic heterocycles. The summed E-state index contributed by atoms with van der Waals surface area (Å²) in [5.74, 6) is -0.0225. The van der Waals surface area contributed by atoms with Crippen molar-refractivity contribution < 1.29 is 4.79 Å². The zero-order chi connectivity index (χ0) is 12.9. The Bertz CT molecular complexity index is 363. The molecule has 0 bridgehead atoms. The van der Waals surface area contributed by atoms with Crippen LogP contribution >= 0.6 is 31.9 Å². The SMILES string of the molecule is CCC(CBr)(CBr)NC(=O)c1ccc(C)cc1. The second-order valence-electron chi connectivity index (χ2n) is 4.22. The number of benzene rings is 1. The number of nitrogens with one attached hydrogen (secondary N) is 1. The molecule has 0 radical (unpaired) electrons. The number of amides is 1. The number of carbonyl (C=O) groups is 1. The van der Waals surface area contributed by atoms with Crippen molar-refractivity contribution >= 4 is 37.8 Å². The number of alkyl halides is 2. The minimum Gasteiger partial charge on any atom is -0.345 e. The van der Waals surface area contributed by atoms with Crippen molar-refractivity contribution in [2.45, 2.75) is 25.8 Å². The largest absolute Gasteiger partial charge is 0.345 e. The zero-order valence-electron chi connectivity index (χ0n) is 10.1. The van der Waals surface area contributed by atoms with Gasteiger partial charge in [-0.1, -0.05) is 56.5 Å². The van der Waals surface area contributed by atoms with Gasteiger partial charge in [0.25, 0.3) is 5.91 Å². The van der Waals surface area contributed by atoms with Gasteiger partial charge in [-0.05, 0) is 25.5 Å². The van der Waals surface area contributed by atoms with Gasteiger partial charge >= 0.3 is 0 Å². The molecule has 1 aromatic carbocycles. The second-order valence-corrected chi connectivity index (χ2v) is 5.34. The highest BCUT2D eigenvalue weighted by molar-refractivity contribution is 9.09. The van der Waals surface area contributed by atoms with E-state index in [1.165, 1.54) is 0 Å². The van der Waals surface area contributed by atoms with Crippen LogP contribution in [0.4, 0.5) is 0 Å². The molecule has 0 atom stereocenters. The van der Waals surface area contributed by atoms with Gasteiger partial charge < -0.3 is 5.32 Å². The molecule has 94 valence electrons. The van der Waals surface area contributed by atoms with Gasteiger partial charge in [-0.2, -0.15) is 0 Å². The molecular weight excluding hydrogens is 346 g/mol. The molecule has 0 heterocycles. The predicted octanol–water partition coefficient (Wildman–Crippen LogP) is 3.66. The van der Waals surface area contributed by atoms with E-state index in [1.807, 2.05) is 31.2 Å². The van der Waals surface area contributed by atoms with Crippen molar-refractivity contribution in [1.82, 2.24) is 5.32 Å². The highest BCUT2D eigenvalue weighted by Gasteiger charge is 2.27. The van der Waals surface area contributed by atoms with Crippen LogP contribution in [0.15, 0.2) is 24.3 Å². The first kappa shape index (κ1) is 14.7. The van der Waals surface area contributed by atoms with E-state index in [4.69, 9.17) is 0 Å². The quantitative estimate of drug-likeness (QED) is 0.795. The lowest BCUT2D eigenvalue weighted by molar-refractivity contribution is 0.0915. The Morgan fingerprint density at radius 1 is 1.24 bits per heavy atom. The fourth-order valence-electron chi connectivity index (χ4n) is 1.40. The third kappa shape index (κ3) is 3.81. The van der Waals surface area contributed by atoms with Crippen LogP contribution in [-0.4, -0.2) is 22.1 Å². The number of carbonyl (C=O) groups excluding carboxylic acids is 1. The van der Waals surface area contributed by atoms with Gasteiger partial charge in [0.15, 0.2) is 0 Å². The molecular formula is C13H17Br2NO. The highest BCUT2D eigenvalue weighted by Crippen LogP contribution is 2.18. The van der Waals surface area contributed by atoms with Crippen LogP contribution in [0, 0.1) is 6.92 Å². The minimum absolute atomic E-state index is 0.0225. The van der Waals surface area contributed by atoms with Crippen LogP contribution in [0.1, 0.15) is 29.3 Å². The van der Waals surface area contributed by atoms with Crippen molar-refractivity contribution in [1.29, 1.82) is 0 Å². The molecule has 2 nitrogen and oxygen atoms in total. The lowest BCUT2D eigenvalue weighted by atomic mass is 10.0. The Kier molecular flexibility index (Phi) is 5.67. The summed E-state index contributed by atoms with van der Waals surface area (Å²) in [6.07, 6.45) is 0.876.